The van der Waals surface area contributed by atoms with Crippen molar-refractivity contribution in [3.63, 3.8) is 0 Å². The molecule has 14 nitrogen and oxygen atoms in total. The molecule has 1 atom stereocenters. The third-order valence-electron chi connectivity index (χ3n) is 8.33. The number of nitriles is 1. The predicted octanol–water partition coefficient (Wildman–Crippen LogP) is 8.55. The number of aliphatic carboxylic acids is 1. The number of anilines is 3. The number of nitrogens with one attached hydrogen (secondary N) is 2. The van der Waals surface area contributed by atoms with Gasteiger partial charge in [0.15, 0.2) is 21.7 Å². The average Bonchev–Trinajstić information content (AvgIpc) is 3.08. The van der Waals surface area contributed by atoms with E-state index in [-0.39, 0.29) is 28.6 Å². The van der Waals surface area contributed by atoms with E-state index in [0.29, 0.717) is 40.6 Å². The minimum atomic E-state index is -3.77. The fraction of sp³-hybridized carbons (Fsp3) is 0.381. The fourth-order valence-corrected chi connectivity index (χ4v) is 6.86. The van der Waals surface area contributed by atoms with Crippen LogP contribution >= 0.6 is 0 Å². The van der Waals surface area contributed by atoms with Crippen molar-refractivity contribution in [3.8, 4) is 6.07 Å². The second kappa shape index (κ2) is 17.0. The van der Waals surface area contributed by atoms with Crippen LogP contribution in [-0.2, 0) is 35.3 Å². The number of hydrogen-bond acceptors (Lipinski definition) is 11. The highest BCUT2D eigenvalue weighted by Crippen LogP contribution is 2.32. The Bertz CT molecular complexity index is 2290. The Morgan fingerprint density at radius 1 is 0.842 bits per heavy atom. The van der Waals surface area contributed by atoms with Gasteiger partial charge in [0.25, 0.3) is 0 Å². The van der Waals surface area contributed by atoms with Crippen molar-refractivity contribution in [2.24, 2.45) is 0 Å². The zero-order valence-electron chi connectivity index (χ0n) is 33.6. The number of sulfone groups is 1. The van der Waals surface area contributed by atoms with Gasteiger partial charge in [-0.25, -0.2) is 27.8 Å². The molecule has 4 rings (SSSR count). The standard InChI is InChI=1S/C42H49N5O9S/c1-40(2,3)55-38(51)47(39(52)56-41(4,5)6)36-32-19-17-31(23-28(32)21-22-44-36)46-35(37(49)50)27-15-13-26(14-16-27)11-10-12-34(48)45-30-18-20-33(29(24-30)25-43)57(53,54)42(7,8)9/h13-24,35,46H,10-12H2,1-9H3,(H,45,48)(H,49,50). The molecular weight excluding hydrogens is 751 g/mol. The van der Waals surface area contributed by atoms with E-state index in [9.17, 15) is 38.0 Å². The summed E-state index contributed by atoms with van der Waals surface area (Å²) >= 11 is 0. The van der Waals surface area contributed by atoms with Crippen molar-refractivity contribution < 1.29 is 42.2 Å². The van der Waals surface area contributed by atoms with Gasteiger partial charge in [-0.2, -0.15) is 10.2 Å². The molecule has 302 valence electrons. The lowest BCUT2D eigenvalue weighted by Gasteiger charge is -2.28. The summed E-state index contributed by atoms with van der Waals surface area (Å²) in [7, 11) is -3.77. The van der Waals surface area contributed by atoms with Gasteiger partial charge in [-0.15, -0.1) is 0 Å². The van der Waals surface area contributed by atoms with Crippen molar-refractivity contribution in [1.29, 1.82) is 5.26 Å². The van der Waals surface area contributed by atoms with Crippen LogP contribution in [0, 0.1) is 11.3 Å². The number of aromatic nitrogens is 1. The number of nitrogens with zero attached hydrogens (tertiary/aromatic N) is 3. The maximum Gasteiger partial charge on any atom is 0.425 e. The van der Waals surface area contributed by atoms with Crippen LogP contribution in [-0.4, -0.2) is 58.5 Å². The van der Waals surface area contributed by atoms with Gasteiger partial charge in [0, 0.05) is 29.4 Å². The second-order valence-electron chi connectivity index (χ2n) is 16.4. The number of carbonyl (C=O) groups excluding carboxylic acids is 3. The summed E-state index contributed by atoms with van der Waals surface area (Å²) in [6.45, 7) is 14.7. The molecule has 15 heteroatoms. The SMILES string of the molecule is CC(C)(C)OC(=O)N(C(=O)OC(C)(C)C)c1nccc2cc(NC(C(=O)O)c3ccc(CCCC(=O)Nc4ccc(S(=O)(=O)C(C)(C)C)c(C#N)c4)cc3)ccc12. The van der Waals surface area contributed by atoms with E-state index in [2.05, 4.69) is 15.6 Å². The average molecular weight is 800 g/mol. The summed E-state index contributed by atoms with van der Waals surface area (Å²) in [5, 5.41) is 26.5. The van der Waals surface area contributed by atoms with Crippen molar-refractivity contribution in [2.75, 3.05) is 15.5 Å². The number of aryl methyl sites for hydroxylation is 1. The topological polar surface area (TPSA) is 205 Å². The Morgan fingerprint density at radius 2 is 1.44 bits per heavy atom. The smallest absolute Gasteiger partial charge is 0.425 e. The molecule has 3 N–H and O–H groups in total. The molecule has 0 spiro atoms. The van der Waals surface area contributed by atoms with Crippen LogP contribution in [0.3, 0.4) is 0 Å². The van der Waals surface area contributed by atoms with Gasteiger partial charge in [-0.1, -0.05) is 24.3 Å². The lowest BCUT2D eigenvalue weighted by Crippen LogP contribution is -2.44. The van der Waals surface area contributed by atoms with Crippen LogP contribution in [0.1, 0.15) is 97.9 Å². The summed E-state index contributed by atoms with van der Waals surface area (Å²) in [5.41, 5.74) is 0.244. The van der Waals surface area contributed by atoms with Crippen LogP contribution in [0.15, 0.2) is 77.8 Å². The molecule has 0 saturated carbocycles. The molecular formula is C42H49N5O9S. The molecule has 0 radical (unpaired) electrons. The van der Waals surface area contributed by atoms with Crippen molar-refractivity contribution >= 4 is 61.9 Å². The summed E-state index contributed by atoms with van der Waals surface area (Å²) in [4.78, 5) is 56.7. The highest BCUT2D eigenvalue weighted by Gasteiger charge is 2.35. The fourth-order valence-electron chi connectivity index (χ4n) is 5.56. The second-order valence-corrected chi connectivity index (χ2v) is 19.0. The van der Waals surface area contributed by atoms with Gasteiger partial charge in [0.05, 0.1) is 15.2 Å². The van der Waals surface area contributed by atoms with Crippen LogP contribution in [0.5, 0.6) is 0 Å². The largest absolute Gasteiger partial charge is 0.479 e. The zero-order valence-corrected chi connectivity index (χ0v) is 34.4. The van der Waals surface area contributed by atoms with Gasteiger partial charge in [0.2, 0.25) is 5.91 Å². The lowest BCUT2D eigenvalue weighted by atomic mass is 10.0. The monoisotopic (exact) mass is 799 g/mol. The van der Waals surface area contributed by atoms with E-state index in [4.69, 9.17) is 9.47 Å². The summed E-state index contributed by atoms with van der Waals surface area (Å²) in [5.74, 6) is -1.45. The molecule has 0 bridgehead atoms. The van der Waals surface area contributed by atoms with E-state index in [1.165, 1.54) is 24.4 Å². The Kier molecular flexibility index (Phi) is 13.0. The molecule has 1 unspecified atom stereocenters. The number of pyridine rings is 1. The van der Waals surface area contributed by atoms with E-state index in [0.717, 1.165) is 10.5 Å². The first kappa shape index (κ1) is 43.7. The molecule has 1 heterocycles. The number of carboxylic acid groups (broad SMARTS) is 1. The molecule has 1 aromatic heterocycles. The van der Waals surface area contributed by atoms with E-state index >= 15 is 0 Å². The van der Waals surface area contributed by atoms with Gasteiger partial charge in [0.1, 0.15) is 17.3 Å². The summed E-state index contributed by atoms with van der Waals surface area (Å²) in [6, 6.07) is 18.5. The van der Waals surface area contributed by atoms with Crippen LogP contribution < -0.4 is 15.5 Å². The van der Waals surface area contributed by atoms with E-state index in [1.54, 1.807) is 111 Å². The van der Waals surface area contributed by atoms with Crippen LogP contribution in [0.4, 0.5) is 26.8 Å². The number of benzene rings is 3. The number of rotatable bonds is 11. The first-order valence-electron chi connectivity index (χ1n) is 18.2. The van der Waals surface area contributed by atoms with Crippen LogP contribution in [0.2, 0.25) is 0 Å². The Labute approximate surface area is 333 Å². The van der Waals surface area contributed by atoms with Crippen molar-refractivity contribution in [2.45, 2.75) is 108 Å². The number of fused-ring (bicyclic) bond motifs is 1. The Balaban J connectivity index is 1.44. The normalized spacial score (nSPS) is 12.6. The highest BCUT2D eigenvalue weighted by molar-refractivity contribution is 7.92. The molecule has 0 aliphatic heterocycles. The number of carboxylic acids is 1. The first-order valence-corrected chi connectivity index (χ1v) is 19.7. The molecule has 0 saturated heterocycles. The summed E-state index contributed by atoms with van der Waals surface area (Å²) < 4.78 is 35.7. The van der Waals surface area contributed by atoms with E-state index < -0.39 is 50.0 Å². The van der Waals surface area contributed by atoms with Gasteiger partial charge in [-0.3, -0.25) is 4.79 Å². The number of ether oxygens (including phenoxy) is 2. The number of carbonyl (C=O) groups is 4. The minimum absolute atomic E-state index is 0.0126. The van der Waals surface area contributed by atoms with Crippen LogP contribution in [0.25, 0.3) is 10.8 Å². The van der Waals surface area contributed by atoms with Gasteiger partial charge >= 0.3 is 18.2 Å². The maximum absolute atomic E-state index is 13.3. The Hall–Kier alpha value is -6.01. The molecule has 0 fully saturated rings. The number of hydrogen-bond donors (Lipinski definition) is 3. The first-order chi connectivity index (χ1) is 26.4. The van der Waals surface area contributed by atoms with Crippen molar-refractivity contribution in [1.82, 2.24) is 4.98 Å². The molecule has 0 aliphatic rings. The zero-order chi connectivity index (χ0) is 42.5. The molecule has 3 aromatic carbocycles. The maximum atomic E-state index is 13.3. The Morgan fingerprint density at radius 3 is 1.98 bits per heavy atom. The highest BCUT2D eigenvalue weighted by atomic mass is 32.2. The lowest BCUT2D eigenvalue weighted by molar-refractivity contribution is -0.138. The van der Waals surface area contributed by atoms with E-state index in [1.807, 2.05) is 6.07 Å². The molecule has 57 heavy (non-hydrogen) atoms. The third-order valence-corrected chi connectivity index (χ3v) is 10.9. The quantitative estimate of drug-likeness (QED) is 0.131. The third kappa shape index (κ3) is 11.3. The number of imide groups is 1. The van der Waals surface area contributed by atoms with Gasteiger partial charge < -0.3 is 25.2 Å². The number of amides is 3. The molecule has 0 aliphatic carbocycles. The summed E-state index contributed by atoms with van der Waals surface area (Å²) in [6.07, 6.45) is 0.633. The minimum Gasteiger partial charge on any atom is -0.479 e. The predicted molar refractivity (Wildman–Crippen MR) is 217 cm³/mol. The van der Waals surface area contributed by atoms with Crippen molar-refractivity contribution in [3.05, 3.63) is 89.6 Å². The molecule has 4 aromatic rings. The molecule has 3 amide bonds. The van der Waals surface area contributed by atoms with Gasteiger partial charge in [-0.05, 0) is 134 Å².